The maximum atomic E-state index is 13.5. The minimum absolute atomic E-state index is 0.191. The number of hydrogen-bond acceptors (Lipinski definition) is 2. The zero-order valence-electron chi connectivity index (χ0n) is 9.00. The van der Waals surface area contributed by atoms with Gasteiger partial charge in [0.15, 0.2) is 11.6 Å². The SMILES string of the molecule is CCOc1ccc(N2CCNC2=O)cc1F. The third kappa shape index (κ3) is 1.93. The van der Waals surface area contributed by atoms with E-state index in [1.54, 1.807) is 19.1 Å². The fraction of sp³-hybridized carbons (Fsp3) is 0.364. The van der Waals surface area contributed by atoms with Crippen LogP contribution >= 0.6 is 0 Å². The number of rotatable bonds is 3. The first-order valence-electron chi connectivity index (χ1n) is 5.20. The Kier molecular flexibility index (Phi) is 2.94. The molecule has 86 valence electrons. The molecule has 1 aromatic rings. The van der Waals surface area contributed by atoms with Gasteiger partial charge in [0.25, 0.3) is 0 Å². The molecule has 0 radical (unpaired) electrons. The van der Waals surface area contributed by atoms with Crippen molar-refractivity contribution in [2.24, 2.45) is 0 Å². The molecule has 4 nitrogen and oxygen atoms in total. The van der Waals surface area contributed by atoms with E-state index in [0.717, 1.165) is 0 Å². The molecule has 1 aliphatic heterocycles. The van der Waals surface area contributed by atoms with E-state index >= 15 is 0 Å². The maximum Gasteiger partial charge on any atom is 0.321 e. The first-order chi connectivity index (χ1) is 7.72. The van der Waals surface area contributed by atoms with Crippen molar-refractivity contribution < 1.29 is 13.9 Å². The van der Waals surface area contributed by atoms with Gasteiger partial charge in [-0.1, -0.05) is 0 Å². The Balaban J connectivity index is 2.23. The second-order valence-corrected chi connectivity index (χ2v) is 3.43. The standard InChI is InChI=1S/C11H13FN2O2/c1-2-16-10-4-3-8(7-9(10)12)14-6-5-13-11(14)15/h3-4,7H,2,5-6H2,1H3,(H,13,15). The molecule has 5 heteroatoms. The third-order valence-electron chi connectivity index (χ3n) is 2.38. The predicted molar refractivity (Wildman–Crippen MR) is 58.3 cm³/mol. The fourth-order valence-electron chi connectivity index (χ4n) is 1.65. The Morgan fingerprint density at radius 2 is 2.38 bits per heavy atom. The molecule has 0 unspecified atom stereocenters. The highest BCUT2D eigenvalue weighted by atomic mass is 19.1. The Labute approximate surface area is 93.0 Å². The van der Waals surface area contributed by atoms with Crippen LogP contribution in [0.15, 0.2) is 18.2 Å². The lowest BCUT2D eigenvalue weighted by molar-refractivity contribution is 0.252. The van der Waals surface area contributed by atoms with Crippen LogP contribution in [0.1, 0.15) is 6.92 Å². The lowest BCUT2D eigenvalue weighted by Gasteiger charge is -2.15. The minimum atomic E-state index is -0.445. The van der Waals surface area contributed by atoms with E-state index in [2.05, 4.69) is 5.32 Å². The van der Waals surface area contributed by atoms with E-state index in [1.165, 1.54) is 11.0 Å². The van der Waals surface area contributed by atoms with Crippen molar-refractivity contribution in [2.45, 2.75) is 6.92 Å². The molecule has 0 saturated carbocycles. The largest absolute Gasteiger partial charge is 0.491 e. The zero-order valence-corrected chi connectivity index (χ0v) is 9.00. The number of urea groups is 1. The number of carbonyl (C=O) groups is 1. The van der Waals surface area contributed by atoms with Crippen molar-refractivity contribution in [2.75, 3.05) is 24.6 Å². The number of nitrogens with zero attached hydrogens (tertiary/aromatic N) is 1. The van der Waals surface area contributed by atoms with Gasteiger partial charge in [-0.15, -0.1) is 0 Å². The Hall–Kier alpha value is -1.78. The fourth-order valence-corrected chi connectivity index (χ4v) is 1.65. The number of carbonyl (C=O) groups excluding carboxylic acids is 1. The van der Waals surface area contributed by atoms with Gasteiger partial charge < -0.3 is 10.1 Å². The lowest BCUT2D eigenvalue weighted by atomic mass is 10.2. The van der Waals surface area contributed by atoms with Crippen LogP contribution in [0.3, 0.4) is 0 Å². The van der Waals surface area contributed by atoms with Gasteiger partial charge in [0.2, 0.25) is 0 Å². The Morgan fingerprint density at radius 3 is 2.94 bits per heavy atom. The highest BCUT2D eigenvalue weighted by Gasteiger charge is 2.21. The average Bonchev–Trinajstić information content (AvgIpc) is 2.68. The highest BCUT2D eigenvalue weighted by molar-refractivity contribution is 5.94. The van der Waals surface area contributed by atoms with Gasteiger partial charge in [-0.25, -0.2) is 9.18 Å². The molecule has 2 amide bonds. The Morgan fingerprint density at radius 1 is 1.56 bits per heavy atom. The van der Waals surface area contributed by atoms with Crippen LogP contribution in [0.2, 0.25) is 0 Å². The van der Waals surface area contributed by atoms with Crippen LogP contribution in [0.25, 0.3) is 0 Å². The van der Waals surface area contributed by atoms with E-state index in [-0.39, 0.29) is 11.8 Å². The minimum Gasteiger partial charge on any atom is -0.491 e. The molecule has 0 spiro atoms. The van der Waals surface area contributed by atoms with Crippen molar-refractivity contribution in [3.63, 3.8) is 0 Å². The molecular weight excluding hydrogens is 211 g/mol. The first kappa shape index (κ1) is 10.7. The summed E-state index contributed by atoms with van der Waals surface area (Å²) >= 11 is 0. The number of benzene rings is 1. The van der Waals surface area contributed by atoms with Gasteiger partial charge in [-0.3, -0.25) is 4.90 Å². The van der Waals surface area contributed by atoms with E-state index in [1.807, 2.05) is 0 Å². The highest BCUT2D eigenvalue weighted by Crippen LogP contribution is 2.24. The summed E-state index contributed by atoms with van der Waals surface area (Å²) in [7, 11) is 0. The molecule has 1 aliphatic rings. The van der Waals surface area contributed by atoms with Crippen LogP contribution in [0, 0.1) is 5.82 Å². The summed E-state index contributed by atoms with van der Waals surface area (Å²) in [5.41, 5.74) is 0.552. The summed E-state index contributed by atoms with van der Waals surface area (Å²) in [6, 6.07) is 4.35. The lowest BCUT2D eigenvalue weighted by Crippen LogP contribution is -2.27. The van der Waals surface area contributed by atoms with Gasteiger partial charge in [-0.05, 0) is 19.1 Å². The topological polar surface area (TPSA) is 41.6 Å². The van der Waals surface area contributed by atoms with Gasteiger partial charge in [0.1, 0.15) is 0 Å². The summed E-state index contributed by atoms with van der Waals surface area (Å²) in [6.45, 7) is 3.36. The molecule has 16 heavy (non-hydrogen) atoms. The molecule has 1 fully saturated rings. The van der Waals surface area contributed by atoms with E-state index < -0.39 is 5.82 Å². The van der Waals surface area contributed by atoms with E-state index in [4.69, 9.17) is 4.74 Å². The van der Waals surface area contributed by atoms with E-state index in [9.17, 15) is 9.18 Å². The van der Waals surface area contributed by atoms with Gasteiger partial charge in [0, 0.05) is 24.8 Å². The van der Waals surface area contributed by atoms with Crippen LogP contribution in [0.5, 0.6) is 5.75 Å². The summed E-state index contributed by atoms with van der Waals surface area (Å²) in [4.78, 5) is 12.9. The summed E-state index contributed by atoms with van der Waals surface area (Å²) in [5, 5.41) is 2.66. The summed E-state index contributed by atoms with van der Waals surface area (Å²) in [5.74, 6) is -0.232. The Bertz CT molecular complexity index is 409. The molecule has 0 aliphatic carbocycles. The van der Waals surface area contributed by atoms with Gasteiger partial charge in [0.05, 0.1) is 6.61 Å². The van der Waals surface area contributed by atoms with Gasteiger partial charge >= 0.3 is 6.03 Å². The molecule has 1 N–H and O–H groups in total. The van der Waals surface area contributed by atoms with Crippen LogP contribution in [-0.2, 0) is 0 Å². The predicted octanol–water partition coefficient (Wildman–Crippen LogP) is 1.75. The number of ether oxygens (including phenoxy) is 1. The normalized spacial score (nSPS) is 15.1. The molecule has 0 atom stereocenters. The molecule has 2 rings (SSSR count). The molecule has 1 saturated heterocycles. The van der Waals surface area contributed by atoms with E-state index in [0.29, 0.717) is 25.4 Å². The summed E-state index contributed by atoms with van der Waals surface area (Å²) < 4.78 is 18.6. The summed E-state index contributed by atoms with van der Waals surface area (Å²) in [6.07, 6.45) is 0. The molecule has 1 heterocycles. The van der Waals surface area contributed by atoms with Crippen molar-refractivity contribution in [1.82, 2.24) is 5.32 Å². The molecule has 0 bridgehead atoms. The first-order valence-corrected chi connectivity index (χ1v) is 5.20. The average molecular weight is 224 g/mol. The van der Waals surface area contributed by atoms with Crippen molar-refractivity contribution in [3.05, 3.63) is 24.0 Å². The third-order valence-corrected chi connectivity index (χ3v) is 2.38. The number of hydrogen-bond donors (Lipinski definition) is 1. The second-order valence-electron chi connectivity index (χ2n) is 3.43. The smallest absolute Gasteiger partial charge is 0.321 e. The molecule has 1 aromatic carbocycles. The zero-order chi connectivity index (χ0) is 11.5. The van der Waals surface area contributed by atoms with Crippen molar-refractivity contribution >= 4 is 11.7 Å². The molecule has 0 aromatic heterocycles. The number of nitrogens with one attached hydrogen (secondary N) is 1. The van der Waals surface area contributed by atoms with Gasteiger partial charge in [-0.2, -0.15) is 0 Å². The van der Waals surface area contributed by atoms with Crippen LogP contribution in [0.4, 0.5) is 14.9 Å². The second kappa shape index (κ2) is 4.38. The van der Waals surface area contributed by atoms with Crippen LogP contribution in [-0.4, -0.2) is 25.7 Å². The monoisotopic (exact) mass is 224 g/mol. The number of halogens is 1. The van der Waals surface area contributed by atoms with Crippen molar-refractivity contribution in [3.8, 4) is 5.75 Å². The number of anilines is 1. The quantitative estimate of drug-likeness (QED) is 0.849. The van der Waals surface area contributed by atoms with Crippen LogP contribution < -0.4 is 15.0 Å². The maximum absolute atomic E-state index is 13.5. The van der Waals surface area contributed by atoms with Crippen molar-refractivity contribution in [1.29, 1.82) is 0 Å². The molecular formula is C11H13FN2O2. The number of amides is 2.